The summed E-state index contributed by atoms with van der Waals surface area (Å²) < 4.78 is 5.88. The molecule has 1 fully saturated rings. The van der Waals surface area contributed by atoms with Crippen LogP contribution in [0.5, 0.6) is 0 Å². The SMILES string of the molecule is CCCc1cc(N)c2oc(C3CCCC3)nc2c1. The quantitative estimate of drug-likeness (QED) is 0.830. The van der Waals surface area contributed by atoms with Gasteiger partial charge in [-0.15, -0.1) is 0 Å². The first-order valence-electron chi connectivity index (χ1n) is 6.96. The number of fused-ring (bicyclic) bond motifs is 1. The van der Waals surface area contributed by atoms with Crippen molar-refractivity contribution >= 4 is 16.8 Å². The van der Waals surface area contributed by atoms with Crippen molar-refractivity contribution in [2.24, 2.45) is 0 Å². The van der Waals surface area contributed by atoms with Gasteiger partial charge in [0, 0.05) is 5.92 Å². The van der Waals surface area contributed by atoms with Gasteiger partial charge in [-0.25, -0.2) is 4.98 Å². The normalized spacial score (nSPS) is 16.7. The smallest absolute Gasteiger partial charge is 0.198 e. The Bertz CT molecular complexity index is 553. The monoisotopic (exact) mass is 244 g/mol. The van der Waals surface area contributed by atoms with E-state index in [1.807, 2.05) is 6.07 Å². The molecule has 1 aliphatic carbocycles. The van der Waals surface area contributed by atoms with E-state index in [1.54, 1.807) is 0 Å². The van der Waals surface area contributed by atoms with Crippen LogP contribution in [0.25, 0.3) is 11.1 Å². The average Bonchev–Trinajstić information content (AvgIpc) is 2.97. The summed E-state index contributed by atoms with van der Waals surface area (Å²) in [5.74, 6) is 1.40. The second kappa shape index (κ2) is 4.63. The van der Waals surface area contributed by atoms with Crippen molar-refractivity contribution in [3.63, 3.8) is 0 Å². The zero-order valence-corrected chi connectivity index (χ0v) is 10.9. The third kappa shape index (κ3) is 1.98. The molecule has 1 aromatic carbocycles. The molecule has 1 saturated carbocycles. The summed E-state index contributed by atoms with van der Waals surface area (Å²) in [6.45, 7) is 2.17. The van der Waals surface area contributed by atoms with Gasteiger partial charge in [0.05, 0.1) is 5.69 Å². The Labute approximate surface area is 107 Å². The molecule has 0 atom stereocenters. The van der Waals surface area contributed by atoms with Crippen LogP contribution in [0, 0.1) is 0 Å². The van der Waals surface area contributed by atoms with Gasteiger partial charge >= 0.3 is 0 Å². The molecule has 2 aromatic rings. The molecule has 0 unspecified atom stereocenters. The summed E-state index contributed by atoms with van der Waals surface area (Å²) in [4.78, 5) is 4.65. The highest BCUT2D eigenvalue weighted by Gasteiger charge is 2.23. The summed E-state index contributed by atoms with van der Waals surface area (Å²) in [5.41, 5.74) is 9.76. The Morgan fingerprint density at radius 3 is 2.83 bits per heavy atom. The van der Waals surface area contributed by atoms with Crippen LogP contribution in [-0.4, -0.2) is 4.98 Å². The number of anilines is 1. The van der Waals surface area contributed by atoms with Crippen LogP contribution in [0.4, 0.5) is 5.69 Å². The minimum atomic E-state index is 0.506. The molecule has 0 aliphatic heterocycles. The van der Waals surface area contributed by atoms with Crippen molar-refractivity contribution in [2.45, 2.75) is 51.4 Å². The molecule has 2 N–H and O–H groups in total. The average molecular weight is 244 g/mol. The fourth-order valence-electron chi connectivity index (χ4n) is 2.92. The molecule has 0 radical (unpaired) electrons. The maximum atomic E-state index is 6.07. The predicted molar refractivity (Wildman–Crippen MR) is 73.6 cm³/mol. The number of rotatable bonds is 3. The van der Waals surface area contributed by atoms with E-state index >= 15 is 0 Å². The van der Waals surface area contributed by atoms with Gasteiger partial charge in [-0.3, -0.25) is 0 Å². The summed E-state index contributed by atoms with van der Waals surface area (Å²) in [5, 5.41) is 0. The third-order valence-corrected chi connectivity index (χ3v) is 3.84. The Morgan fingerprint density at radius 1 is 1.33 bits per heavy atom. The van der Waals surface area contributed by atoms with E-state index < -0.39 is 0 Å². The summed E-state index contributed by atoms with van der Waals surface area (Å²) in [6, 6.07) is 4.15. The van der Waals surface area contributed by atoms with Gasteiger partial charge in [0.15, 0.2) is 11.5 Å². The molecule has 1 heterocycles. The van der Waals surface area contributed by atoms with Crippen LogP contribution in [0.15, 0.2) is 16.5 Å². The molecule has 18 heavy (non-hydrogen) atoms. The Balaban J connectivity index is 2.02. The Hall–Kier alpha value is -1.51. The largest absolute Gasteiger partial charge is 0.438 e. The highest BCUT2D eigenvalue weighted by Crippen LogP contribution is 2.36. The van der Waals surface area contributed by atoms with E-state index in [0.29, 0.717) is 5.92 Å². The zero-order valence-electron chi connectivity index (χ0n) is 10.9. The molecule has 3 rings (SSSR count). The van der Waals surface area contributed by atoms with Crippen molar-refractivity contribution in [2.75, 3.05) is 5.73 Å². The number of nitrogens with zero attached hydrogens (tertiary/aromatic N) is 1. The fraction of sp³-hybridized carbons (Fsp3) is 0.533. The van der Waals surface area contributed by atoms with Gasteiger partial charge in [-0.1, -0.05) is 26.2 Å². The van der Waals surface area contributed by atoms with Gasteiger partial charge in [-0.05, 0) is 37.0 Å². The van der Waals surface area contributed by atoms with E-state index in [-0.39, 0.29) is 0 Å². The van der Waals surface area contributed by atoms with Gasteiger partial charge in [-0.2, -0.15) is 0 Å². The first-order chi connectivity index (χ1) is 8.78. The highest BCUT2D eigenvalue weighted by molar-refractivity contribution is 5.85. The molecule has 0 spiro atoms. The molecule has 0 amide bonds. The second-order valence-corrected chi connectivity index (χ2v) is 5.32. The molecule has 0 bridgehead atoms. The number of nitrogens with two attached hydrogens (primary N) is 1. The van der Waals surface area contributed by atoms with E-state index in [2.05, 4.69) is 18.0 Å². The van der Waals surface area contributed by atoms with Gasteiger partial charge in [0.25, 0.3) is 0 Å². The summed E-state index contributed by atoms with van der Waals surface area (Å²) in [6.07, 6.45) is 7.16. The van der Waals surface area contributed by atoms with Crippen LogP contribution in [0.3, 0.4) is 0 Å². The van der Waals surface area contributed by atoms with Crippen LogP contribution < -0.4 is 5.73 Å². The van der Waals surface area contributed by atoms with E-state index in [1.165, 1.54) is 31.2 Å². The second-order valence-electron chi connectivity index (χ2n) is 5.32. The zero-order chi connectivity index (χ0) is 12.5. The first-order valence-corrected chi connectivity index (χ1v) is 6.96. The molecule has 1 aliphatic rings. The van der Waals surface area contributed by atoms with Gasteiger partial charge in [0.1, 0.15) is 5.52 Å². The molecule has 0 saturated heterocycles. The Morgan fingerprint density at radius 2 is 2.11 bits per heavy atom. The first kappa shape index (κ1) is 11.6. The van der Waals surface area contributed by atoms with Gasteiger partial charge in [0.2, 0.25) is 0 Å². The summed E-state index contributed by atoms with van der Waals surface area (Å²) in [7, 11) is 0. The lowest BCUT2D eigenvalue weighted by atomic mass is 10.1. The van der Waals surface area contributed by atoms with Crippen LogP contribution in [0.1, 0.15) is 56.4 Å². The minimum absolute atomic E-state index is 0.506. The minimum Gasteiger partial charge on any atom is -0.438 e. The number of benzene rings is 1. The number of hydrogen-bond acceptors (Lipinski definition) is 3. The fourth-order valence-corrected chi connectivity index (χ4v) is 2.92. The number of nitrogen functional groups attached to an aromatic ring is 1. The van der Waals surface area contributed by atoms with Crippen LogP contribution >= 0.6 is 0 Å². The molecular weight excluding hydrogens is 224 g/mol. The maximum Gasteiger partial charge on any atom is 0.198 e. The lowest BCUT2D eigenvalue weighted by molar-refractivity contribution is 0.475. The van der Waals surface area contributed by atoms with Crippen molar-refractivity contribution in [3.8, 4) is 0 Å². The van der Waals surface area contributed by atoms with Crippen molar-refractivity contribution in [1.82, 2.24) is 4.98 Å². The van der Waals surface area contributed by atoms with E-state index in [4.69, 9.17) is 10.2 Å². The predicted octanol–water partition coefficient (Wildman–Crippen LogP) is 4.02. The van der Waals surface area contributed by atoms with Crippen LogP contribution in [-0.2, 0) is 6.42 Å². The van der Waals surface area contributed by atoms with Crippen LogP contribution in [0.2, 0.25) is 0 Å². The lowest BCUT2D eigenvalue weighted by Gasteiger charge is -2.01. The standard InChI is InChI=1S/C15H20N2O/c1-2-5-10-8-12(16)14-13(9-10)17-15(18-14)11-6-3-4-7-11/h8-9,11H,2-7,16H2,1H3. The topological polar surface area (TPSA) is 52.0 Å². The van der Waals surface area contributed by atoms with E-state index in [9.17, 15) is 0 Å². The lowest BCUT2D eigenvalue weighted by Crippen LogP contribution is -1.91. The Kier molecular flexibility index (Phi) is 2.98. The van der Waals surface area contributed by atoms with Crippen molar-refractivity contribution < 1.29 is 4.42 Å². The number of aryl methyl sites for hydroxylation is 1. The molecule has 1 aromatic heterocycles. The number of aromatic nitrogens is 1. The molecule has 96 valence electrons. The van der Waals surface area contributed by atoms with Gasteiger partial charge < -0.3 is 10.2 Å². The number of oxazole rings is 1. The van der Waals surface area contributed by atoms with E-state index in [0.717, 1.165) is 35.5 Å². The third-order valence-electron chi connectivity index (χ3n) is 3.84. The van der Waals surface area contributed by atoms with Crippen molar-refractivity contribution in [3.05, 3.63) is 23.6 Å². The summed E-state index contributed by atoms with van der Waals surface area (Å²) >= 11 is 0. The molecular formula is C15H20N2O. The number of hydrogen-bond donors (Lipinski definition) is 1. The molecule has 3 heteroatoms. The maximum absolute atomic E-state index is 6.07. The highest BCUT2D eigenvalue weighted by atomic mass is 16.3. The molecule has 3 nitrogen and oxygen atoms in total. The van der Waals surface area contributed by atoms with Crippen molar-refractivity contribution in [1.29, 1.82) is 0 Å².